The second-order valence-electron chi connectivity index (χ2n) is 6.63. The monoisotopic (exact) mass is 392 g/mol. The van der Waals surface area contributed by atoms with Gasteiger partial charge in [-0.3, -0.25) is 4.79 Å². The van der Waals surface area contributed by atoms with Gasteiger partial charge in [-0.05, 0) is 30.2 Å². The van der Waals surface area contributed by atoms with Crippen LogP contribution in [0.3, 0.4) is 0 Å². The van der Waals surface area contributed by atoms with Crippen molar-refractivity contribution >= 4 is 11.6 Å². The number of nitrogens with zero attached hydrogens (tertiary/aromatic N) is 2. The molecule has 1 aliphatic rings. The lowest BCUT2D eigenvalue weighted by Gasteiger charge is -2.32. The zero-order chi connectivity index (χ0) is 20.5. The van der Waals surface area contributed by atoms with E-state index in [9.17, 15) is 23.1 Å². The fourth-order valence-electron chi connectivity index (χ4n) is 2.93. The molecule has 2 aromatic carbocycles. The number of aryl methyl sites for hydroxylation is 1. The van der Waals surface area contributed by atoms with E-state index >= 15 is 0 Å². The molecule has 148 valence electrons. The first kappa shape index (κ1) is 19.9. The molecule has 1 amide bonds. The molecule has 0 spiro atoms. The van der Waals surface area contributed by atoms with Gasteiger partial charge in [-0.2, -0.15) is 23.3 Å². The van der Waals surface area contributed by atoms with Crippen LogP contribution in [0.5, 0.6) is 5.75 Å². The lowest BCUT2D eigenvalue weighted by Crippen LogP contribution is -2.57. The number of ether oxygens (including phenoxy) is 1. The van der Waals surface area contributed by atoms with Crippen LogP contribution in [-0.4, -0.2) is 40.7 Å². The van der Waals surface area contributed by atoms with E-state index in [-0.39, 0.29) is 17.1 Å². The van der Waals surface area contributed by atoms with Crippen molar-refractivity contribution in [1.29, 1.82) is 0 Å². The molecular weight excluding hydrogens is 373 g/mol. The fourth-order valence-corrected chi connectivity index (χ4v) is 2.93. The first-order chi connectivity index (χ1) is 13.1. The molecule has 28 heavy (non-hydrogen) atoms. The maximum atomic E-state index is 13.6. The molecule has 0 aliphatic carbocycles. The summed E-state index contributed by atoms with van der Waals surface area (Å²) in [5.74, 6) is -0.393. The number of rotatable bonds is 4. The van der Waals surface area contributed by atoms with Crippen molar-refractivity contribution in [1.82, 2.24) is 5.01 Å². The number of carbonyl (C=O) groups is 1. The molecule has 1 atom stereocenters. The maximum absolute atomic E-state index is 13.6. The zero-order valence-electron chi connectivity index (χ0n) is 15.3. The van der Waals surface area contributed by atoms with Gasteiger partial charge >= 0.3 is 6.18 Å². The van der Waals surface area contributed by atoms with Gasteiger partial charge in [-0.1, -0.05) is 42.0 Å². The Morgan fingerprint density at radius 2 is 1.79 bits per heavy atom. The topological polar surface area (TPSA) is 62.1 Å². The SMILES string of the molecule is COc1ccc(CC(=O)N2N=C(c3ccc(C)cc3)C[C@]2(O)C(F)(F)F)cc1. The summed E-state index contributed by atoms with van der Waals surface area (Å²) in [4.78, 5) is 12.6. The smallest absolute Gasteiger partial charge is 0.438 e. The van der Waals surface area contributed by atoms with Gasteiger partial charge in [-0.25, -0.2) is 0 Å². The molecule has 0 saturated carbocycles. The third kappa shape index (κ3) is 3.73. The van der Waals surface area contributed by atoms with Gasteiger partial charge in [0, 0.05) is 0 Å². The van der Waals surface area contributed by atoms with E-state index in [4.69, 9.17) is 4.74 Å². The molecule has 1 aliphatic heterocycles. The maximum Gasteiger partial charge on any atom is 0.438 e. The van der Waals surface area contributed by atoms with Crippen molar-refractivity contribution in [2.24, 2.45) is 5.10 Å². The Morgan fingerprint density at radius 1 is 1.18 bits per heavy atom. The van der Waals surface area contributed by atoms with E-state index in [1.165, 1.54) is 7.11 Å². The average Bonchev–Trinajstić information content (AvgIpc) is 3.02. The Kier molecular flexibility index (Phi) is 5.16. The number of benzene rings is 2. The van der Waals surface area contributed by atoms with Crippen LogP contribution in [-0.2, 0) is 11.2 Å². The quantitative estimate of drug-likeness (QED) is 0.867. The minimum atomic E-state index is -5.06. The van der Waals surface area contributed by atoms with Crippen LogP contribution < -0.4 is 4.74 Å². The summed E-state index contributed by atoms with van der Waals surface area (Å²) < 4.78 is 45.9. The molecule has 2 aromatic rings. The Labute approximate surface area is 160 Å². The van der Waals surface area contributed by atoms with Crippen molar-refractivity contribution in [3.63, 3.8) is 0 Å². The summed E-state index contributed by atoms with van der Waals surface area (Å²) in [6, 6.07) is 13.0. The first-order valence-electron chi connectivity index (χ1n) is 8.53. The number of hydrazone groups is 1. The molecule has 0 aromatic heterocycles. The van der Waals surface area contributed by atoms with Crippen molar-refractivity contribution in [2.75, 3.05) is 7.11 Å². The van der Waals surface area contributed by atoms with E-state index in [0.29, 0.717) is 16.9 Å². The average molecular weight is 392 g/mol. The standard InChI is InChI=1S/C20H19F3N2O3/c1-13-3-7-15(8-4-13)17-12-19(27,20(21,22)23)25(24-17)18(26)11-14-5-9-16(28-2)10-6-14/h3-10,27H,11-12H2,1-2H3/t19-/m0/s1. The summed E-state index contributed by atoms with van der Waals surface area (Å²) in [6.07, 6.45) is -6.22. The molecule has 8 heteroatoms. The predicted octanol–water partition coefficient (Wildman–Crippen LogP) is 3.43. The number of halogens is 3. The van der Waals surface area contributed by atoms with Gasteiger partial charge in [0.05, 0.1) is 25.7 Å². The summed E-state index contributed by atoms with van der Waals surface area (Å²) in [5, 5.41) is 14.4. The largest absolute Gasteiger partial charge is 0.497 e. The van der Waals surface area contributed by atoms with Gasteiger partial charge in [0.2, 0.25) is 5.91 Å². The summed E-state index contributed by atoms with van der Waals surface area (Å²) in [6.45, 7) is 1.84. The highest BCUT2D eigenvalue weighted by Gasteiger charge is 2.63. The van der Waals surface area contributed by atoms with Crippen LogP contribution in [0.1, 0.15) is 23.1 Å². The predicted molar refractivity (Wildman–Crippen MR) is 96.9 cm³/mol. The van der Waals surface area contributed by atoms with Crippen LogP contribution in [0.15, 0.2) is 53.6 Å². The molecule has 0 saturated heterocycles. The number of aliphatic hydroxyl groups is 1. The van der Waals surface area contributed by atoms with Crippen LogP contribution >= 0.6 is 0 Å². The van der Waals surface area contributed by atoms with E-state index < -0.39 is 24.2 Å². The van der Waals surface area contributed by atoms with Gasteiger partial charge in [0.25, 0.3) is 5.72 Å². The van der Waals surface area contributed by atoms with Crippen LogP contribution in [0.25, 0.3) is 0 Å². The molecule has 3 rings (SSSR count). The van der Waals surface area contributed by atoms with Crippen molar-refractivity contribution in [3.8, 4) is 5.75 Å². The number of carbonyl (C=O) groups excluding carboxylic acids is 1. The molecule has 0 bridgehead atoms. The molecule has 1 heterocycles. The van der Waals surface area contributed by atoms with Gasteiger partial charge < -0.3 is 9.84 Å². The molecule has 5 nitrogen and oxygen atoms in total. The van der Waals surface area contributed by atoms with E-state index in [1.807, 2.05) is 6.92 Å². The third-order valence-electron chi connectivity index (χ3n) is 4.57. The summed E-state index contributed by atoms with van der Waals surface area (Å²) in [7, 11) is 1.48. The van der Waals surface area contributed by atoms with E-state index in [2.05, 4.69) is 5.10 Å². The molecular formula is C20H19F3N2O3. The fraction of sp³-hybridized carbons (Fsp3) is 0.300. The normalized spacial score (nSPS) is 19.5. The summed E-state index contributed by atoms with van der Waals surface area (Å²) in [5.41, 5.74) is -1.54. The highest BCUT2D eigenvalue weighted by Crippen LogP contribution is 2.41. The second kappa shape index (κ2) is 7.27. The highest BCUT2D eigenvalue weighted by atomic mass is 19.4. The Morgan fingerprint density at radius 3 is 2.32 bits per heavy atom. The number of methoxy groups -OCH3 is 1. The number of hydrogen-bond donors (Lipinski definition) is 1. The lowest BCUT2D eigenvalue weighted by atomic mass is 10.00. The Bertz CT molecular complexity index is 892. The van der Waals surface area contributed by atoms with Crippen molar-refractivity contribution in [2.45, 2.75) is 31.7 Å². The first-order valence-corrected chi connectivity index (χ1v) is 8.53. The van der Waals surface area contributed by atoms with Crippen molar-refractivity contribution in [3.05, 3.63) is 65.2 Å². The summed E-state index contributed by atoms with van der Waals surface area (Å²) >= 11 is 0. The molecule has 1 N–H and O–H groups in total. The van der Waals surface area contributed by atoms with Crippen LogP contribution in [0.2, 0.25) is 0 Å². The van der Waals surface area contributed by atoms with Gasteiger partial charge in [0.1, 0.15) is 5.75 Å². The minimum Gasteiger partial charge on any atom is -0.497 e. The third-order valence-corrected chi connectivity index (χ3v) is 4.57. The van der Waals surface area contributed by atoms with E-state index in [0.717, 1.165) is 5.56 Å². The molecule has 0 fully saturated rings. The molecule has 0 radical (unpaired) electrons. The molecule has 0 unspecified atom stereocenters. The Balaban J connectivity index is 1.90. The number of amides is 1. The highest BCUT2D eigenvalue weighted by molar-refractivity contribution is 6.03. The van der Waals surface area contributed by atoms with Crippen LogP contribution in [0, 0.1) is 6.92 Å². The zero-order valence-corrected chi connectivity index (χ0v) is 15.3. The lowest BCUT2D eigenvalue weighted by molar-refractivity contribution is -0.302. The Hall–Kier alpha value is -2.87. The van der Waals surface area contributed by atoms with Gasteiger partial charge in [-0.15, -0.1) is 0 Å². The van der Waals surface area contributed by atoms with Gasteiger partial charge in [0.15, 0.2) is 0 Å². The number of hydrogen-bond acceptors (Lipinski definition) is 4. The van der Waals surface area contributed by atoms with E-state index in [1.54, 1.807) is 48.5 Å². The van der Waals surface area contributed by atoms with Crippen molar-refractivity contribution < 1.29 is 27.8 Å². The van der Waals surface area contributed by atoms with Crippen LogP contribution in [0.4, 0.5) is 13.2 Å². The number of alkyl halides is 3. The second-order valence-corrected chi connectivity index (χ2v) is 6.63. The minimum absolute atomic E-state index is 0.00269.